The molecule has 0 aliphatic carbocycles. The fourth-order valence-corrected chi connectivity index (χ4v) is 1.84. The molecule has 7 heteroatoms. The van der Waals surface area contributed by atoms with E-state index >= 15 is 0 Å². The fraction of sp³-hybridized carbons (Fsp3) is 0.100. The Bertz CT molecular complexity index is 575. The maximum atomic E-state index is 12.6. The van der Waals surface area contributed by atoms with Crippen molar-refractivity contribution in [2.75, 3.05) is 5.43 Å². The highest BCUT2D eigenvalue weighted by Gasteiger charge is 2.15. The van der Waals surface area contributed by atoms with Crippen molar-refractivity contribution >= 4 is 39.8 Å². The zero-order valence-corrected chi connectivity index (χ0v) is 9.86. The molecule has 0 bridgehead atoms. The van der Waals surface area contributed by atoms with E-state index in [0.29, 0.717) is 11.1 Å². The molecular weight excluding hydrogens is 271 g/mol. The van der Waals surface area contributed by atoms with Gasteiger partial charge < -0.3 is 5.43 Å². The molecule has 90 valence electrons. The summed E-state index contributed by atoms with van der Waals surface area (Å²) in [6, 6.07) is 4.34. The van der Waals surface area contributed by atoms with Gasteiger partial charge >= 0.3 is 0 Å². The first-order chi connectivity index (χ1) is 8.04. The maximum Gasteiger partial charge on any atom is 0.280 e. The lowest BCUT2D eigenvalue weighted by molar-refractivity contribution is 0.146. The minimum atomic E-state index is -2.71. The first kappa shape index (κ1) is 12.3. The van der Waals surface area contributed by atoms with Crippen molar-refractivity contribution in [3.05, 3.63) is 33.9 Å². The smallest absolute Gasteiger partial charge is 0.280 e. The highest BCUT2D eigenvalue weighted by Crippen LogP contribution is 2.34. The van der Waals surface area contributed by atoms with E-state index < -0.39 is 12.1 Å². The number of hydrazine groups is 1. The van der Waals surface area contributed by atoms with E-state index in [1.807, 2.05) is 0 Å². The Balaban J connectivity index is 2.83. The summed E-state index contributed by atoms with van der Waals surface area (Å²) in [4.78, 5) is 3.78. The number of pyridine rings is 1. The standard InChI is InChI=1S/C10H7Cl2F2N3/c11-5-2-1-4-6(17-15)3-7(10(13)14)16-9(4)8(5)12/h1-3,10H,15H2,(H,16,17). The van der Waals surface area contributed by atoms with Gasteiger partial charge in [0, 0.05) is 5.39 Å². The van der Waals surface area contributed by atoms with Gasteiger partial charge in [0.25, 0.3) is 6.43 Å². The van der Waals surface area contributed by atoms with Crippen LogP contribution in [0, 0.1) is 0 Å². The molecular formula is C10H7Cl2F2N3. The van der Waals surface area contributed by atoms with Gasteiger partial charge in [-0.1, -0.05) is 23.2 Å². The van der Waals surface area contributed by atoms with Crippen LogP contribution in [0.15, 0.2) is 18.2 Å². The number of hydrogen-bond acceptors (Lipinski definition) is 3. The number of rotatable bonds is 2. The number of nitrogen functional groups attached to an aromatic ring is 1. The third kappa shape index (κ3) is 2.13. The molecule has 2 rings (SSSR count). The topological polar surface area (TPSA) is 50.9 Å². The van der Waals surface area contributed by atoms with Crippen LogP contribution >= 0.6 is 23.2 Å². The molecule has 3 N–H and O–H groups in total. The van der Waals surface area contributed by atoms with E-state index in [-0.39, 0.29) is 15.6 Å². The third-order valence-electron chi connectivity index (χ3n) is 2.27. The first-order valence-electron chi connectivity index (χ1n) is 4.58. The normalized spacial score (nSPS) is 11.2. The van der Waals surface area contributed by atoms with E-state index in [0.717, 1.165) is 0 Å². The van der Waals surface area contributed by atoms with Crippen LogP contribution in [-0.2, 0) is 0 Å². The summed E-state index contributed by atoms with van der Waals surface area (Å²) in [6.45, 7) is 0. The van der Waals surface area contributed by atoms with Crippen molar-refractivity contribution in [1.29, 1.82) is 0 Å². The van der Waals surface area contributed by atoms with Crippen molar-refractivity contribution < 1.29 is 8.78 Å². The fourth-order valence-electron chi connectivity index (χ4n) is 1.48. The molecule has 0 unspecified atom stereocenters. The Morgan fingerprint density at radius 2 is 2.00 bits per heavy atom. The van der Waals surface area contributed by atoms with E-state index in [2.05, 4.69) is 10.4 Å². The Morgan fingerprint density at radius 1 is 1.29 bits per heavy atom. The van der Waals surface area contributed by atoms with Crippen LogP contribution < -0.4 is 11.3 Å². The van der Waals surface area contributed by atoms with Gasteiger partial charge in [0.15, 0.2) is 0 Å². The lowest BCUT2D eigenvalue weighted by atomic mass is 10.1. The number of aromatic nitrogens is 1. The predicted octanol–water partition coefficient (Wildman–Crippen LogP) is 3.76. The second kappa shape index (κ2) is 4.60. The number of halogens is 4. The van der Waals surface area contributed by atoms with Gasteiger partial charge in [-0.25, -0.2) is 13.8 Å². The Morgan fingerprint density at radius 3 is 2.59 bits per heavy atom. The van der Waals surface area contributed by atoms with Gasteiger partial charge in [-0.05, 0) is 18.2 Å². The summed E-state index contributed by atoms with van der Waals surface area (Å²) in [5.74, 6) is 5.27. The van der Waals surface area contributed by atoms with E-state index in [1.165, 1.54) is 6.07 Å². The van der Waals surface area contributed by atoms with Crippen LogP contribution in [0.1, 0.15) is 12.1 Å². The summed E-state index contributed by atoms with van der Waals surface area (Å²) in [5, 5.41) is 0.913. The van der Waals surface area contributed by atoms with Crippen LogP contribution in [0.4, 0.5) is 14.5 Å². The summed E-state index contributed by atoms with van der Waals surface area (Å²) < 4.78 is 25.3. The zero-order chi connectivity index (χ0) is 12.6. The van der Waals surface area contributed by atoms with Gasteiger partial charge in [-0.15, -0.1) is 0 Å². The molecule has 0 spiro atoms. The molecule has 3 nitrogen and oxygen atoms in total. The second-order valence-corrected chi connectivity index (χ2v) is 4.08. The highest BCUT2D eigenvalue weighted by atomic mass is 35.5. The number of fused-ring (bicyclic) bond motifs is 1. The molecule has 2 aromatic rings. The molecule has 17 heavy (non-hydrogen) atoms. The van der Waals surface area contributed by atoms with Crippen molar-refractivity contribution in [3.8, 4) is 0 Å². The predicted molar refractivity (Wildman–Crippen MR) is 64.5 cm³/mol. The summed E-state index contributed by atoms with van der Waals surface area (Å²) >= 11 is 11.7. The highest BCUT2D eigenvalue weighted by molar-refractivity contribution is 6.45. The monoisotopic (exact) mass is 277 g/mol. The minimum absolute atomic E-state index is 0.128. The van der Waals surface area contributed by atoms with Crippen LogP contribution in [0.2, 0.25) is 10.0 Å². The van der Waals surface area contributed by atoms with Crippen molar-refractivity contribution in [2.24, 2.45) is 5.84 Å². The molecule has 0 saturated carbocycles. The second-order valence-electron chi connectivity index (χ2n) is 3.30. The molecule has 0 aliphatic rings. The number of benzene rings is 1. The van der Waals surface area contributed by atoms with Crippen molar-refractivity contribution in [1.82, 2.24) is 4.98 Å². The Kier molecular flexibility index (Phi) is 3.33. The first-order valence-corrected chi connectivity index (χ1v) is 5.33. The Hall–Kier alpha value is -1.17. The van der Waals surface area contributed by atoms with Gasteiger partial charge in [0.2, 0.25) is 0 Å². The van der Waals surface area contributed by atoms with Crippen molar-refractivity contribution in [3.63, 3.8) is 0 Å². The number of anilines is 1. The molecule has 0 amide bonds. The van der Waals surface area contributed by atoms with Crippen LogP contribution in [0.5, 0.6) is 0 Å². The summed E-state index contributed by atoms with van der Waals surface area (Å²) in [5.41, 5.74) is 2.45. The lowest BCUT2D eigenvalue weighted by Gasteiger charge is -2.10. The molecule has 0 saturated heterocycles. The molecule has 1 heterocycles. The summed E-state index contributed by atoms with van der Waals surface area (Å²) in [7, 11) is 0. The van der Waals surface area contributed by atoms with Crippen molar-refractivity contribution in [2.45, 2.75) is 6.43 Å². The quantitative estimate of drug-likeness (QED) is 0.649. The van der Waals surface area contributed by atoms with Gasteiger partial charge in [-0.2, -0.15) is 0 Å². The number of nitrogens with two attached hydrogens (primary N) is 1. The molecule has 0 aliphatic heterocycles. The largest absolute Gasteiger partial charge is 0.323 e. The van der Waals surface area contributed by atoms with Crippen LogP contribution in [0.3, 0.4) is 0 Å². The molecule has 1 aromatic heterocycles. The number of nitrogens with zero attached hydrogens (tertiary/aromatic N) is 1. The zero-order valence-electron chi connectivity index (χ0n) is 8.35. The van der Waals surface area contributed by atoms with E-state index in [9.17, 15) is 8.78 Å². The van der Waals surface area contributed by atoms with E-state index in [4.69, 9.17) is 29.0 Å². The van der Waals surface area contributed by atoms with E-state index in [1.54, 1.807) is 12.1 Å². The lowest BCUT2D eigenvalue weighted by Crippen LogP contribution is -2.08. The summed E-state index contributed by atoms with van der Waals surface area (Å²) in [6.07, 6.45) is -2.71. The molecule has 0 radical (unpaired) electrons. The number of hydrogen-bond donors (Lipinski definition) is 2. The van der Waals surface area contributed by atoms with Crippen LogP contribution in [0.25, 0.3) is 10.9 Å². The maximum absolute atomic E-state index is 12.6. The molecule has 1 aromatic carbocycles. The van der Waals surface area contributed by atoms with Gasteiger partial charge in [0.05, 0.1) is 21.2 Å². The average Bonchev–Trinajstić information content (AvgIpc) is 2.32. The Labute approximate surface area is 105 Å². The minimum Gasteiger partial charge on any atom is -0.323 e. The SMILES string of the molecule is NNc1cc(C(F)F)nc2c(Cl)c(Cl)ccc12. The van der Waals surface area contributed by atoms with Crippen LogP contribution in [-0.4, -0.2) is 4.98 Å². The number of nitrogens with one attached hydrogen (secondary N) is 1. The number of alkyl halides is 2. The molecule has 0 atom stereocenters. The van der Waals surface area contributed by atoms with Gasteiger partial charge in [0.1, 0.15) is 5.69 Å². The van der Waals surface area contributed by atoms with Gasteiger partial charge in [-0.3, -0.25) is 5.84 Å². The average molecular weight is 278 g/mol. The molecule has 0 fully saturated rings. The third-order valence-corrected chi connectivity index (χ3v) is 3.07.